The Morgan fingerprint density at radius 1 is 1.35 bits per heavy atom. The van der Waals surface area contributed by atoms with Crippen molar-refractivity contribution in [2.75, 3.05) is 20.6 Å². The summed E-state index contributed by atoms with van der Waals surface area (Å²) < 4.78 is 4.95. The number of aryl methyl sites for hydroxylation is 1. The smallest absolute Gasteiger partial charge is 0.223 e. The topological polar surface area (TPSA) is 54.2 Å². The fourth-order valence-corrected chi connectivity index (χ4v) is 1.88. The van der Waals surface area contributed by atoms with E-state index >= 15 is 0 Å². The maximum atomic E-state index is 4.95. The highest BCUT2D eigenvalue weighted by Gasteiger charge is 2.12. The van der Waals surface area contributed by atoms with Gasteiger partial charge in [0.05, 0.1) is 6.54 Å². The van der Waals surface area contributed by atoms with E-state index in [2.05, 4.69) is 48.3 Å². The van der Waals surface area contributed by atoms with Crippen molar-refractivity contribution in [1.82, 2.24) is 20.4 Å². The molecule has 1 rings (SSSR count). The van der Waals surface area contributed by atoms with Crippen LogP contribution in [0.2, 0.25) is 0 Å². The second kappa shape index (κ2) is 6.71. The Bertz CT molecular complexity index is 312. The molecule has 1 heterocycles. The second-order valence-electron chi connectivity index (χ2n) is 5.20. The lowest BCUT2D eigenvalue weighted by atomic mass is 10.0. The Morgan fingerprint density at radius 2 is 2.06 bits per heavy atom. The SMILES string of the molecule is Cc1nc(CNC(CC(C)C)CN(C)C)no1. The summed E-state index contributed by atoms with van der Waals surface area (Å²) in [6.45, 7) is 7.98. The first-order valence-electron chi connectivity index (χ1n) is 6.14. The van der Waals surface area contributed by atoms with Gasteiger partial charge in [-0.3, -0.25) is 0 Å². The Hall–Kier alpha value is -0.940. The largest absolute Gasteiger partial charge is 0.340 e. The number of hydrogen-bond donors (Lipinski definition) is 1. The number of likely N-dealkylation sites (N-methyl/N-ethyl adjacent to an activating group) is 1. The standard InChI is InChI=1S/C12H24N4O/c1-9(2)6-11(8-16(4)5)13-7-12-14-10(3)17-15-12/h9,11,13H,6-8H2,1-5H3. The van der Waals surface area contributed by atoms with E-state index in [0.29, 0.717) is 24.4 Å². The van der Waals surface area contributed by atoms with Crippen LogP contribution in [0.5, 0.6) is 0 Å². The van der Waals surface area contributed by atoms with E-state index in [-0.39, 0.29) is 0 Å². The van der Waals surface area contributed by atoms with Gasteiger partial charge in [-0.2, -0.15) is 4.98 Å². The number of nitrogens with zero attached hydrogens (tertiary/aromatic N) is 3. The Balaban J connectivity index is 2.42. The van der Waals surface area contributed by atoms with Gasteiger partial charge in [0.1, 0.15) is 0 Å². The fourth-order valence-electron chi connectivity index (χ4n) is 1.88. The predicted octanol–water partition coefficient (Wildman–Crippen LogP) is 1.44. The van der Waals surface area contributed by atoms with Crippen LogP contribution in [-0.4, -0.2) is 41.7 Å². The van der Waals surface area contributed by atoms with Crippen LogP contribution in [0.25, 0.3) is 0 Å². The molecule has 98 valence electrons. The van der Waals surface area contributed by atoms with Crippen molar-refractivity contribution in [2.45, 2.75) is 39.8 Å². The second-order valence-corrected chi connectivity index (χ2v) is 5.20. The summed E-state index contributed by atoms with van der Waals surface area (Å²) in [5.41, 5.74) is 0. The van der Waals surface area contributed by atoms with Crippen LogP contribution < -0.4 is 5.32 Å². The third-order valence-electron chi connectivity index (χ3n) is 2.46. The minimum absolute atomic E-state index is 0.462. The molecule has 1 aromatic rings. The number of nitrogens with one attached hydrogen (secondary N) is 1. The first-order chi connectivity index (χ1) is 7.97. The molecule has 1 unspecified atom stereocenters. The van der Waals surface area contributed by atoms with Crippen LogP contribution in [0.4, 0.5) is 0 Å². The van der Waals surface area contributed by atoms with Gasteiger partial charge in [-0.15, -0.1) is 0 Å². The van der Waals surface area contributed by atoms with E-state index in [1.54, 1.807) is 0 Å². The maximum absolute atomic E-state index is 4.95. The van der Waals surface area contributed by atoms with Gasteiger partial charge in [0.15, 0.2) is 5.82 Å². The molecule has 0 spiro atoms. The molecule has 1 atom stereocenters. The van der Waals surface area contributed by atoms with Gasteiger partial charge in [-0.25, -0.2) is 0 Å². The molecule has 0 saturated heterocycles. The van der Waals surface area contributed by atoms with Crippen molar-refractivity contribution in [3.8, 4) is 0 Å². The van der Waals surface area contributed by atoms with Crippen LogP contribution in [0.1, 0.15) is 32.0 Å². The summed E-state index contributed by atoms with van der Waals surface area (Å²) in [7, 11) is 4.18. The van der Waals surface area contributed by atoms with E-state index in [1.807, 2.05) is 6.92 Å². The first-order valence-corrected chi connectivity index (χ1v) is 6.14. The number of aromatic nitrogens is 2. The molecule has 0 bridgehead atoms. The Morgan fingerprint density at radius 3 is 2.53 bits per heavy atom. The van der Waals surface area contributed by atoms with Crippen molar-refractivity contribution in [3.63, 3.8) is 0 Å². The molecule has 5 heteroatoms. The third kappa shape index (κ3) is 5.79. The van der Waals surface area contributed by atoms with E-state index in [0.717, 1.165) is 18.8 Å². The summed E-state index contributed by atoms with van der Waals surface area (Å²) in [5, 5.41) is 7.37. The molecule has 5 nitrogen and oxygen atoms in total. The molecule has 0 aliphatic rings. The van der Waals surface area contributed by atoms with Crippen molar-refractivity contribution in [3.05, 3.63) is 11.7 Å². The van der Waals surface area contributed by atoms with E-state index in [1.165, 1.54) is 0 Å². The zero-order chi connectivity index (χ0) is 12.8. The van der Waals surface area contributed by atoms with Gasteiger partial charge in [0, 0.05) is 19.5 Å². The number of rotatable bonds is 7. The normalized spacial score (nSPS) is 13.6. The Labute approximate surface area is 104 Å². The molecule has 0 aromatic carbocycles. The van der Waals surface area contributed by atoms with Gasteiger partial charge in [-0.05, 0) is 26.4 Å². The molecule has 0 aliphatic carbocycles. The predicted molar refractivity (Wildman–Crippen MR) is 67.7 cm³/mol. The molecule has 0 fully saturated rings. The van der Waals surface area contributed by atoms with Gasteiger partial charge in [0.2, 0.25) is 5.89 Å². The minimum atomic E-state index is 0.462. The maximum Gasteiger partial charge on any atom is 0.223 e. The van der Waals surface area contributed by atoms with Crippen molar-refractivity contribution < 1.29 is 4.52 Å². The van der Waals surface area contributed by atoms with E-state index in [4.69, 9.17) is 4.52 Å². The summed E-state index contributed by atoms with van der Waals surface area (Å²) in [6, 6.07) is 0.462. The van der Waals surface area contributed by atoms with Crippen molar-refractivity contribution >= 4 is 0 Å². The summed E-state index contributed by atoms with van der Waals surface area (Å²) >= 11 is 0. The average Bonchev–Trinajstić information content (AvgIpc) is 2.59. The van der Waals surface area contributed by atoms with Gasteiger partial charge in [0.25, 0.3) is 0 Å². The zero-order valence-electron chi connectivity index (χ0n) is 11.5. The lowest BCUT2D eigenvalue weighted by Gasteiger charge is -2.23. The van der Waals surface area contributed by atoms with Gasteiger partial charge < -0.3 is 14.7 Å². The number of hydrogen-bond acceptors (Lipinski definition) is 5. The quantitative estimate of drug-likeness (QED) is 0.781. The highest BCUT2D eigenvalue weighted by molar-refractivity contribution is 4.84. The van der Waals surface area contributed by atoms with Crippen LogP contribution in [0, 0.1) is 12.8 Å². The molecule has 0 saturated carbocycles. The molecular weight excluding hydrogens is 216 g/mol. The Kier molecular flexibility index (Phi) is 5.58. The van der Waals surface area contributed by atoms with Crippen LogP contribution in [-0.2, 0) is 6.54 Å². The van der Waals surface area contributed by atoms with Crippen LogP contribution >= 0.6 is 0 Å². The van der Waals surface area contributed by atoms with Crippen LogP contribution in [0.15, 0.2) is 4.52 Å². The lowest BCUT2D eigenvalue weighted by molar-refractivity contribution is 0.301. The summed E-state index contributed by atoms with van der Waals surface area (Å²) in [4.78, 5) is 6.38. The van der Waals surface area contributed by atoms with Crippen molar-refractivity contribution in [1.29, 1.82) is 0 Å². The lowest BCUT2D eigenvalue weighted by Crippen LogP contribution is -2.39. The minimum Gasteiger partial charge on any atom is -0.340 e. The third-order valence-corrected chi connectivity index (χ3v) is 2.46. The highest BCUT2D eigenvalue weighted by Crippen LogP contribution is 2.06. The van der Waals surface area contributed by atoms with E-state index in [9.17, 15) is 0 Å². The first kappa shape index (κ1) is 14.1. The molecule has 1 N–H and O–H groups in total. The molecule has 1 aromatic heterocycles. The molecule has 17 heavy (non-hydrogen) atoms. The fraction of sp³-hybridized carbons (Fsp3) is 0.833. The zero-order valence-corrected chi connectivity index (χ0v) is 11.5. The summed E-state index contributed by atoms with van der Waals surface area (Å²) in [6.07, 6.45) is 1.15. The van der Waals surface area contributed by atoms with Gasteiger partial charge in [-0.1, -0.05) is 19.0 Å². The van der Waals surface area contributed by atoms with Crippen LogP contribution in [0.3, 0.4) is 0 Å². The molecule has 0 amide bonds. The molecule has 0 radical (unpaired) electrons. The summed E-state index contributed by atoms with van der Waals surface area (Å²) in [5.74, 6) is 2.03. The highest BCUT2D eigenvalue weighted by atomic mass is 16.5. The molecular formula is C12H24N4O. The monoisotopic (exact) mass is 240 g/mol. The van der Waals surface area contributed by atoms with E-state index < -0.39 is 0 Å². The molecule has 0 aliphatic heterocycles. The average molecular weight is 240 g/mol. The van der Waals surface area contributed by atoms with Crippen molar-refractivity contribution in [2.24, 2.45) is 5.92 Å². The van der Waals surface area contributed by atoms with Gasteiger partial charge >= 0.3 is 0 Å².